The van der Waals surface area contributed by atoms with E-state index in [2.05, 4.69) is 20.3 Å². The Labute approximate surface area is 136 Å². The largest absolute Gasteiger partial charge is 0.297 e. The van der Waals surface area contributed by atoms with Gasteiger partial charge in [0.1, 0.15) is 10.7 Å². The first-order valence-corrected chi connectivity index (χ1v) is 8.50. The number of nitrogens with zero attached hydrogens (tertiary/aromatic N) is 3. The molecule has 1 N–H and O–H groups in total. The fraction of sp³-hybridized carbons (Fsp3) is 0.333. The topological polar surface area (TPSA) is 67.8 Å². The molecule has 0 saturated carbocycles. The van der Waals surface area contributed by atoms with E-state index in [1.165, 1.54) is 22.7 Å². The summed E-state index contributed by atoms with van der Waals surface area (Å²) in [6.45, 7) is 9.69. The van der Waals surface area contributed by atoms with Crippen LogP contribution in [-0.4, -0.2) is 20.9 Å². The van der Waals surface area contributed by atoms with Crippen molar-refractivity contribution in [3.05, 3.63) is 32.5 Å². The van der Waals surface area contributed by atoms with Crippen LogP contribution in [0.3, 0.4) is 0 Å². The Morgan fingerprint density at radius 1 is 0.955 bits per heavy atom. The standard InChI is InChI=1S/C15H16N4OS2/c1-6-11-8(3)16-10(5)18-14(11)22-12(6)13(20)19-15-17-7(2)9(4)21-15/h1-5H3,(H,17,19,20). The van der Waals surface area contributed by atoms with E-state index in [9.17, 15) is 4.79 Å². The van der Waals surface area contributed by atoms with Gasteiger partial charge in [-0.15, -0.1) is 22.7 Å². The SMILES string of the molecule is Cc1nc(C)c2c(C)c(C(=O)Nc3nc(C)c(C)s3)sc2n1. The van der Waals surface area contributed by atoms with Gasteiger partial charge in [0.2, 0.25) is 0 Å². The number of rotatable bonds is 2. The summed E-state index contributed by atoms with van der Waals surface area (Å²) in [6.07, 6.45) is 0. The molecule has 1 amide bonds. The van der Waals surface area contributed by atoms with Crippen LogP contribution in [0.5, 0.6) is 0 Å². The van der Waals surface area contributed by atoms with Gasteiger partial charge in [0.15, 0.2) is 5.13 Å². The van der Waals surface area contributed by atoms with E-state index in [1.54, 1.807) is 0 Å². The zero-order chi connectivity index (χ0) is 16.0. The number of thiazole rings is 1. The highest BCUT2D eigenvalue weighted by Crippen LogP contribution is 2.32. The second-order valence-electron chi connectivity index (χ2n) is 5.21. The second kappa shape index (κ2) is 5.40. The molecular weight excluding hydrogens is 316 g/mol. The van der Waals surface area contributed by atoms with Crippen LogP contribution >= 0.6 is 22.7 Å². The lowest BCUT2D eigenvalue weighted by Gasteiger charge is -2.01. The third-order valence-corrected chi connectivity index (χ3v) is 5.71. The maximum absolute atomic E-state index is 12.5. The number of hydrogen-bond donors (Lipinski definition) is 1. The van der Waals surface area contributed by atoms with Gasteiger partial charge in [0, 0.05) is 16.0 Å². The first-order chi connectivity index (χ1) is 10.4. The maximum atomic E-state index is 12.5. The van der Waals surface area contributed by atoms with Gasteiger partial charge in [0.25, 0.3) is 5.91 Å². The first kappa shape index (κ1) is 15.1. The molecular formula is C15H16N4OS2. The Bertz CT molecular complexity index is 875. The molecule has 0 fully saturated rings. The van der Waals surface area contributed by atoms with Gasteiger partial charge in [0.05, 0.1) is 10.6 Å². The number of anilines is 1. The average Bonchev–Trinajstić information content (AvgIpc) is 2.90. The normalized spacial score (nSPS) is 11.1. The second-order valence-corrected chi connectivity index (χ2v) is 7.41. The van der Waals surface area contributed by atoms with Crippen LogP contribution in [0.25, 0.3) is 10.2 Å². The molecule has 3 rings (SSSR count). The van der Waals surface area contributed by atoms with Crippen LogP contribution in [0.2, 0.25) is 0 Å². The molecule has 3 aromatic rings. The van der Waals surface area contributed by atoms with Crippen molar-refractivity contribution in [2.75, 3.05) is 5.32 Å². The van der Waals surface area contributed by atoms with E-state index in [-0.39, 0.29) is 5.91 Å². The molecule has 22 heavy (non-hydrogen) atoms. The highest BCUT2D eigenvalue weighted by Gasteiger charge is 2.19. The summed E-state index contributed by atoms with van der Waals surface area (Å²) in [5, 5.41) is 4.50. The molecule has 5 nitrogen and oxygen atoms in total. The van der Waals surface area contributed by atoms with Crippen molar-refractivity contribution in [3.63, 3.8) is 0 Å². The summed E-state index contributed by atoms with van der Waals surface area (Å²) in [7, 11) is 0. The number of amides is 1. The molecule has 0 aliphatic rings. The minimum Gasteiger partial charge on any atom is -0.297 e. The number of nitrogens with one attached hydrogen (secondary N) is 1. The van der Waals surface area contributed by atoms with Crippen LogP contribution in [0.15, 0.2) is 0 Å². The van der Waals surface area contributed by atoms with Gasteiger partial charge < -0.3 is 0 Å². The summed E-state index contributed by atoms with van der Waals surface area (Å²) in [4.78, 5) is 28.4. The number of aromatic nitrogens is 3. The predicted octanol–water partition coefficient (Wildman–Crippen LogP) is 3.94. The fourth-order valence-electron chi connectivity index (χ4n) is 2.37. The van der Waals surface area contributed by atoms with Crippen molar-refractivity contribution in [3.8, 4) is 0 Å². The van der Waals surface area contributed by atoms with Crippen molar-refractivity contribution in [2.45, 2.75) is 34.6 Å². The van der Waals surface area contributed by atoms with Crippen molar-refractivity contribution in [1.82, 2.24) is 15.0 Å². The van der Waals surface area contributed by atoms with E-state index < -0.39 is 0 Å². The molecule has 0 atom stereocenters. The third-order valence-electron chi connectivity index (χ3n) is 3.54. The van der Waals surface area contributed by atoms with Crippen molar-refractivity contribution in [2.24, 2.45) is 0 Å². The number of thiophene rings is 1. The summed E-state index contributed by atoms with van der Waals surface area (Å²) < 4.78 is 0. The zero-order valence-electron chi connectivity index (χ0n) is 13.1. The Balaban J connectivity index is 2.00. The van der Waals surface area contributed by atoms with Crippen molar-refractivity contribution in [1.29, 1.82) is 0 Å². The lowest BCUT2D eigenvalue weighted by molar-refractivity contribution is 0.103. The van der Waals surface area contributed by atoms with Gasteiger partial charge in [-0.25, -0.2) is 15.0 Å². The lowest BCUT2D eigenvalue weighted by Crippen LogP contribution is -2.11. The van der Waals surface area contributed by atoms with E-state index in [4.69, 9.17) is 0 Å². The van der Waals surface area contributed by atoms with Gasteiger partial charge in [-0.3, -0.25) is 10.1 Å². The smallest absolute Gasteiger partial charge is 0.267 e. The van der Waals surface area contributed by atoms with Gasteiger partial charge in [-0.05, 0) is 40.2 Å². The molecule has 0 radical (unpaired) electrons. The average molecular weight is 332 g/mol. The zero-order valence-corrected chi connectivity index (χ0v) is 14.7. The van der Waals surface area contributed by atoms with Crippen LogP contribution < -0.4 is 5.32 Å². The molecule has 0 bridgehead atoms. The van der Waals surface area contributed by atoms with Crippen LogP contribution in [-0.2, 0) is 0 Å². The van der Waals surface area contributed by atoms with Crippen LogP contribution in [0, 0.1) is 34.6 Å². The van der Waals surface area contributed by atoms with Crippen molar-refractivity contribution < 1.29 is 4.79 Å². The van der Waals surface area contributed by atoms with E-state index in [1.807, 2.05) is 34.6 Å². The molecule has 0 unspecified atom stereocenters. The maximum Gasteiger partial charge on any atom is 0.267 e. The van der Waals surface area contributed by atoms with Gasteiger partial charge in [-0.2, -0.15) is 0 Å². The van der Waals surface area contributed by atoms with Crippen molar-refractivity contribution >= 4 is 43.9 Å². The molecule has 0 aliphatic heterocycles. The van der Waals surface area contributed by atoms with Gasteiger partial charge >= 0.3 is 0 Å². The Morgan fingerprint density at radius 2 is 1.68 bits per heavy atom. The number of carbonyl (C=O) groups is 1. The van der Waals surface area contributed by atoms with Gasteiger partial charge in [-0.1, -0.05) is 0 Å². The van der Waals surface area contributed by atoms with Crippen LogP contribution in [0.4, 0.5) is 5.13 Å². The van der Waals surface area contributed by atoms with Crippen LogP contribution in [0.1, 0.15) is 37.3 Å². The van der Waals surface area contributed by atoms with E-state index in [0.717, 1.165) is 37.9 Å². The summed E-state index contributed by atoms with van der Waals surface area (Å²) in [5.74, 6) is 0.593. The Hall–Kier alpha value is -1.86. The highest BCUT2D eigenvalue weighted by atomic mass is 32.1. The third kappa shape index (κ3) is 2.50. The number of aryl methyl sites for hydroxylation is 5. The number of hydrogen-bond acceptors (Lipinski definition) is 6. The molecule has 0 aliphatic carbocycles. The Morgan fingerprint density at radius 3 is 2.32 bits per heavy atom. The highest BCUT2D eigenvalue weighted by molar-refractivity contribution is 7.21. The Kier molecular flexibility index (Phi) is 3.70. The lowest BCUT2D eigenvalue weighted by atomic mass is 10.1. The monoisotopic (exact) mass is 332 g/mol. The summed E-state index contributed by atoms with van der Waals surface area (Å²) >= 11 is 2.89. The predicted molar refractivity (Wildman–Crippen MR) is 91.2 cm³/mol. The molecule has 114 valence electrons. The molecule has 0 spiro atoms. The minimum atomic E-state index is -0.133. The number of fused-ring (bicyclic) bond motifs is 1. The number of carbonyl (C=O) groups excluding carboxylic acids is 1. The molecule has 3 heterocycles. The molecule has 7 heteroatoms. The van der Waals surface area contributed by atoms with E-state index >= 15 is 0 Å². The molecule has 3 aromatic heterocycles. The molecule has 0 aromatic carbocycles. The summed E-state index contributed by atoms with van der Waals surface area (Å²) in [5.41, 5.74) is 2.79. The van der Waals surface area contributed by atoms with E-state index in [0.29, 0.717) is 10.0 Å². The summed E-state index contributed by atoms with van der Waals surface area (Å²) in [6, 6.07) is 0. The molecule has 0 saturated heterocycles. The fourth-order valence-corrected chi connectivity index (χ4v) is 4.35. The minimum absolute atomic E-state index is 0.133. The quantitative estimate of drug-likeness (QED) is 0.772. The first-order valence-electron chi connectivity index (χ1n) is 6.86.